The van der Waals surface area contributed by atoms with Crippen molar-refractivity contribution in [2.45, 2.75) is 46.2 Å². The van der Waals surface area contributed by atoms with Crippen LogP contribution in [0.1, 0.15) is 43.0 Å². The molecule has 0 radical (unpaired) electrons. The highest BCUT2D eigenvalue weighted by Crippen LogP contribution is 2.11. The Morgan fingerprint density at radius 3 is 1.68 bits per heavy atom. The van der Waals surface area contributed by atoms with Gasteiger partial charge in [0, 0.05) is 42.7 Å². The lowest BCUT2D eigenvalue weighted by Crippen LogP contribution is -2.22. The molecule has 0 amide bonds. The van der Waals surface area contributed by atoms with Crippen molar-refractivity contribution in [2.75, 3.05) is 0 Å². The van der Waals surface area contributed by atoms with Gasteiger partial charge in [0.1, 0.15) is 17.5 Å². The molecule has 6 rings (SSSR count). The summed E-state index contributed by atoms with van der Waals surface area (Å²) in [5, 5.41) is 16.7. The molecule has 4 aromatic heterocycles. The summed E-state index contributed by atoms with van der Waals surface area (Å²) in [6, 6.07) is 13.5. The number of benzene rings is 2. The van der Waals surface area contributed by atoms with Gasteiger partial charge in [-0.1, -0.05) is 49.7 Å². The SMILES string of the molecule is CCCc1nnc2c(=O)n(Cc3ccc(F)cc3)ccn12.CCc1nnc2c(=O)n(Cc3ccc(Cl)cc3)ccn12. The van der Waals surface area contributed by atoms with Crippen LogP contribution in [0.3, 0.4) is 0 Å². The third kappa shape index (κ3) is 6.09. The molecule has 10 nitrogen and oxygen atoms in total. The van der Waals surface area contributed by atoms with Crippen LogP contribution in [0.25, 0.3) is 11.3 Å². The zero-order chi connectivity index (χ0) is 28.9. The first-order chi connectivity index (χ1) is 19.9. The monoisotopic (exact) mass is 574 g/mol. The van der Waals surface area contributed by atoms with Crippen LogP contribution in [-0.2, 0) is 25.9 Å². The van der Waals surface area contributed by atoms with Crippen LogP contribution < -0.4 is 11.1 Å². The predicted molar refractivity (Wildman–Crippen MR) is 154 cm³/mol. The van der Waals surface area contributed by atoms with Gasteiger partial charge in [0.25, 0.3) is 11.1 Å². The van der Waals surface area contributed by atoms with Crippen LogP contribution in [0.4, 0.5) is 4.39 Å². The zero-order valence-corrected chi connectivity index (χ0v) is 23.4. The van der Waals surface area contributed by atoms with E-state index in [4.69, 9.17) is 11.6 Å². The highest BCUT2D eigenvalue weighted by molar-refractivity contribution is 6.30. The molecule has 6 aromatic rings. The van der Waals surface area contributed by atoms with Gasteiger partial charge in [0.2, 0.25) is 11.3 Å². The minimum Gasteiger partial charge on any atom is -0.306 e. The van der Waals surface area contributed by atoms with E-state index in [1.54, 1.807) is 48.7 Å². The number of nitrogens with zero attached hydrogens (tertiary/aromatic N) is 8. The Kier molecular flexibility index (Phi) is 8.34. The maximum absolute atomic E-state index is 12.9. The molecule has 0 aliphatic heterocycles. The van der Waals surface area contributed by atoms with Crippen LogP contribution in [0.5, 0.6) is 0 Å². The normalized spacial score (nSPS) is 11.1. The van der Waals surface area contributed by atoms with Crippen LogP contribution in [0.15, 0.2) is 82.9 Å². The summed E-state index contributed by atoms with van der Waals surface area (Å²) in [6.07, 6.45) is 9.55. The molecule has 0 fully saturated rings. The molecule has 0 atom stereocenters. The van der Waals surface area contributed by atoms with Gasteiger partial charge in [-0.05, 0) is 41.8 Å². The van der Waals surface area contributed by atoms with E-state index >= 15 is 0 Å². The van der Waals surface area contributed by atoms with Crippen molar-refractivity contribution in [1.29, 1.82) is 0 Å². The fraction of sp³-hybridized carbons (Fsp3) is 0.241. The maximum atomic E-state index is 12.9. The van der Waals surface area contributed by atoms with E-state index in [2.05, 4.69) is 27.3 Å². The summed E-state index contributed by atoms with van der Waals surface area (Å²) in [4.78, 5) is 24.7. The Labute approximate surface area is 239 Å². The summed E-state index contributed by atoms with van der Waals surface area (Å²) in [5.74, 6) is 1.29. The second-order valence-corrected chi connectivity index (χ2v) is 9.87. The highest BCUT2D eigenvalue weighted by Gasteiger charge is 2.11. The molecule has 0 spiro atoms. The van der Waals surface area contributed by atoms with Crippen LogP contribution in [0, 0.1) is 5.82 Å². The number of aromatic nitrogens is 8. The lowest BCUT2D eigenvalue weighted by molar-refractivity contribution is 0.626. The number of hydrogen-bond donors (Lipinski definition) is 0. The van der Waals surface area contributed by atoms with E-state index in [0.717, 1.165) is 42.0 Å². The summed E-state index contributed by atoms with van der Waals surface area (Å²) in [5.41, 5.74) is 2.21. The van der Waals surface area contributed by atoms with Gasteiger partial charge >= 0.3 is 0 Å². The molecule has 0 saturated carbocycles. The number of fused-ring (bicyclic) bond motifs is 2. The van der Waals surface area contributed by atoms with Gasteiger partial charge in [-0.3, -0.25) is 18.4 Å². The van der Waals surface area contributed by atoms with Crippen LogP contribution >= 0.6 is 11.6 Å². The number of rotatable bonds is 7. The fourth-order valence-electron chi connectivity index (χ4n) is 4.40. The highest BCUT2D eigenvalue weighted by atomic mass is 35.5. The Bertz CT molecular complexity index is 1910. The van der Waals surface area contributed by atoms with Crippen molar-refractivity contribution in [3.05, 3.63) is 128 Å². The molecule has 0 aliphatic rings. The molecule has 41 heavy (non-hydrogen) atoms. The molecule has 210 valence electrons. The second-order valence-electron chi connectivity index (χ2n) is 9.44. The smallest absolute Gasteiger partial charge is 0.296 e. The molecular formula is C29H28ClFN8O2. The van der Waals surface area contributed by atoms with E-state index in [1.807, 2.05) is 37.4 Å². The second kappa shape index (κ2) is 12.3. The number of aryl methyl sites for hydroxylation is 2. The summed E-state index contributed by atoms with van der Waals surface area (Å²) < 4.78 is 19.5. The Morgan fingerprint density at radius 1 is 0.683 bits per heavy atom. The van der Waals surface area contributed by atoms with Crippen molar-refractivity contribution in [3.63, 3.8) is 0 Å². The first kappa shape index (κ1) is 27.9. The number of hydrogen-bond acceptors (Lipinski definition) is 6. The average molecular weight is 575 g/mol. The quantitative estimate of drug-likeness (QED) is 0.283. The van der Waals surface area contributed by atoms with Crippen molar-refractivity contribution in [3.8, 4) is 0 Å². The lowest BCUT2D eigenvalue weighted by Gasteiger charge is -2.06. The molecule has 0 N–H and O–H groups in total. The predicted octanol–water partition coefficient (Wildman–Crippen LogP) is 4.19. The van der Waals surface area contributed by atoms with E-state index in [-0.39, 0.29) is 16.9 Å². The van der Waals surface area contributed by atoms with E-state index in [1.165, 1.54) is 12.1 Å². The van der Waals surface area contributed by atoms with Gasteiger partial charge in [0.15, 0.2) is 0 Å². The Morgan fingerprint density at radius 2 is 1.17 bits per heavy atom. The summed E-state index contributed by atoms with van der Waals surface area (Å²) >= 11 is 5.85. The minimum absolute atomic E-state index is 0.144. The maximum Gasteiger partial charge on any atom is 0.296 e. The summed E-state index contributed by atoms with van der Waals surface area (Å²) in [7, 11) is 0. The molecule has 4 heterocycles. The Balaban J connectivity index is 0.000000165. The van der Waals surface area contributed by atoms with Crippen molar-refractivity contribution >= 4 is 22.9 Å². The summed E-state index contributed by atoms with van der Waals surface area (Å²) in [6.45, 7) is 4.90. The van der Waals surface area contributed by atoms with Gasteiger partial charge in [0.05, 0.1) is 13.1 Å². The Hall–Kier alpha value is -4.64. The molecular weight excluding hydrogens is 547 g/mol. The van der Waals surface area contributed by atoms with E-state index in [0.29, 0.717) is 29.4 Å². The van der Waals surface area contributed by atoms with Crippen LogP contribution in [-0.4, -0.2) is 38.3 Å². The van der Waals surface area contributed by atoms with Gasteiger partial charge in [-0.15, -0.1) is 20.4 Å². The molecule has 2 aromatic carbocycles. The van der Waals surface area contributed by atoms with Crippen molar-refractivity contribution < 1.29 is 4.39 Å². The largest absolute Gasteiger partial charge is 0.306 e. The molecule has 0 aliphatic carbocycles. The lowest BCUT2D eigenvalue weighted by atomic mass is 10.2. The number of halogens is 2. The van der Waals surface area contributed by atoms with Gasteiger partial charge in [-0.2, -0.15) is 0 Å². The zero-order valence-electron chi connectivity index (χ0n) is 22.6. The van der Waals surface area contributed by atoms with Gasteiger partial charge in [-0.25, -0.2) is 4.39 Å². The molecule has 0 bridgehead atoms. The van der Waals surface area contributed by atoms with Crippen molar-refractivity contribution in [1.82, 2.24) is 38.3 Å². The van der Waals surface area contributed by atoms with E-state index in [9.17, 15) is 14.0 Å². The van der Waals surface area contributed by atoms with Crippen LogP contribution in [0.2, 0.25) is 5.02 Å². The fourth-order valence-corrected chi connectivity index (χ4v) is 4.52. The topological polar surface area (TPSA) is 104 Å². The molecule has 0 saturated heterocycles. The minimum atomic E-state index is -0.289. The van der Waals surface area contributed by atoms with E-state index < -0.39 is 0 Å². The third-order valence-electron chi connectivity index (χ3n) is 6.55. The standard InChI is InChI=1S/C15H15FN4O.C14H13ClN4O/c1-2-3-13-17-18-14-15(21)19(8-9-20(13)14)10-11-4-6-12(16)7-5-11;1-2-12-16-17-13-14(20)18(7-8-19(12)13)9-10-3-5-11(15)6-4-10/h4-9H,2-3,10H2,1H3;3-8H,2,9H2,1H3. The first-order valence-electron chi connectivity index (χ1n) is 13.2. The van der Waals surface area contributed by atoms with Gasteiger partial charge < -0.3 is 9.13 Å². The average Bonchev–Trinajstić information content (AvgIpc) is 3.59. The molecule has 0 unspecified atom stereocenters. The molecule has 12 heteroatoms. The van der Waals surface area contributed by atoms with Crippen molar-refractivity contribution in [2.24, 2.45) is 0 Å². The first-order valence-corrected chi connectivity index (χ1v) is 13.6. The third-order valence-corrected chi connectivity index (χ3v) is 6.80.